The van der Waals surface area contributed by atoms with E-state index in [-0.39, 0.29) is 76.6 Å². The van der Waals surface area contributed by atoms with Crippen molar-refractivity contribution >= 4 is 70.9 Å². The number of halogens is 2. The molecule has 0 fully saturated rings. The minimum Gasteiger partial charge on any atom is -1.00 e. The van der Waals surface area contributed by atoms with Gasteiger partial charge in [0.25, 0.3) is 0 Å². The molecular formula is C5H11Cl2Mg2N. The van der Waals surface area contributed by atoms with E-state index in [1.54, 1.807) is 12.4 Å². The van der Waals surface area contributed by atoms with Gasteiger partial charge in [0.1, 0.15) is 0 Å². The molecule has 0 spiro atoms. The average molecular weight is 205 g/mol. The fourth-order valence-corrected chi connectivity index (χ4v) is 0.313. The quantitative estimate of drug-likeness (QED) is 0.586. The molecule has 0 radical (unpaired) electrons. The first-order valence-electron chi connectivity index (χ1n) is 1.85. The summed E-state index contributed by atoms with van der Waals surface area (Å²) in [5.41, 5.74) is 0. The summed E-state index contributed by atoms with van der Waals surface area (Å²) in [6.07, 6.45) is 3.50. The Morgan fingerprint density at radius 2 is 1.20 bits per heavy atom. The Kier molecular flexibility index (Phi) is 37.5. The molecule has 0 saturated heterocycles. The van der Waals surface area contributed by atoms with Crippen LogP contribution in [0.2, 0.25) is 0 Å². The molecule has 1 rings (SSSR count). The molecule has 54 valence electrons. The van der Waals surface area contributed by atoms with E-state index in [1.165, 1.54) is 0 Å². The van der Waals surface area contributed by atoms with E-state index in [1.807, 2.05) is 18.2 Å². The number of rotatable bonds is 0. The van der Waals surface area contributed by atoms with Gasteiger partial charge >= 0.3 is 46.1 Å². The maximum absolute atomic E-state index is 3.78. The number of aromatic nitrogens is 1. The minimum absolute atomic E-state index is 0. The van der Waals surface area contributed by atoms with Gasteiger partial charge in [0.15, 0.2) is 0 Å². The molecule has 1 heterocycles. The molecule has 0 amide bonds. The summed E-state index contributed by atoms with van der Waals surface area (Å²) in [6, 6.07) is 5.72. The molecule has 0 aliphatic carbocycles. The van der Waals surface area contributed by atoms with Gasteiger partial charge in [0, 0.05) is 12.4 Å². The van der Waals surface area contributed by atoms with E-state index in [0.717, 1.165) is 0 Å². The average Bonchev–Trinajstić information content (AvgIpc) is 1.72. The molecule has 1 nitrogen and oxygen atoms in total. The van der Waals surface area contributed by atoms with Crippen molar-refractivity contribution in [3.63, 3.8) is 0 Å². The number of hydrogen-bond donors (Lipinski definition) is 0. The van der Waals surface area contributed by atoms with Crippen molar-refractivity contribution in [1.82, 2.24) is 4.98 Å². The van der Waals surface area contributed by atoms with Gasteiger partial charge in [-0.25, -0.2) is 0 Å². The van der Waals surface area contributed by atoms with Crippen molar-refractivity contribution < 1.29 is 5.71 Å². The second-order valence-corrected chi connectivity index (χ2v) is 1.02. The van der Waals surface area contributed by atoms with Crippen molar-refractivity contribution in [1.29, 1.82) is 0 Å². The smallest absolute Gasteiger partial charge is 1.00 e. The summed E-state index contributed by atoms with van der Waals surface area (Å²) in [5.74, 6) is 0. The normalized spacial score (nSPS) is 4.80. The van der Waals surface area contributed by atoms with Crippen LogP contribution in [0.15, 0.2) is 30.6 Å². The van der Waals surface area contributed by atoms with E-state index in [9.17, 15) is 0 Å². The Labute approximate surface area is 111 Å². The maximum Gasteiger partial charge on any atom is 2.00 e. The maximum atomic E-state index is 3.78. The van der Waals surface area contributed by atoms with Gasteiger partial charge in [-0.15, -0.1) is 24.8 Å². The summed E-state index contributed by atoms with van der Waals surface area (Å²) in [4.78, 5) is 3.78. The van der Waals surface area contributed by atoms with Crippen molar-refractivity contribution in [3.8, 4) is 0 Å². The molecule has 0 unspecified atom stereocenters. The van der Waals surface area contributed by atoms with Crippen LogP contribution >= 0.6 is 24.8 Å². The van der Waals surface area contributed by atoms with E-state index in [0.29, 0.717) is 0 Å². The SMILES string of the molecule is Cl.Cl.[H-].[H-].[H-].[H-].[Mg+2].[Mg+2].c1ccncc1. The Hall–Kier alpha value is 1.26. The van der Waals surface area contributed by atoms with Gasteiger partial charge < -0.3 is 5.71 Å². The largest absolute Gasteiger partial charge is 2.00 e. The summed E-state index contributed by atoms with van der Waals surface area (Å²) < 4.78 is 0. The third-order valence-electron chi connectivity index (χ3n) is 0.566. The summed E-state index contributed by atoms with van der Waals surface area (Å²) >= 11 is 0. The summed E-state index contributed by atoms with van der Waals surface area (Å²) in [7, 11) is 0. The molecule has 0 aliphatic rings. The first kappa shape index (κ1) is 22.5. The van der Waals surface area contributed by atoms with Crippen LogP contribution in [0.4, 0.5) is 0 Å². The molecule has 0 aliphatic heterocycles. The van der Waals surface area contributed by atoms with Gasteiger partial charge in [-0.3, -0.25) is 4.98 Å². The Balaban J connectivity index is -0.00000000750. The predicted octanol–water partition coefficient (Wildman–Crippen LogP) is 1.61. The number of nitrogens with zero attached hydrogens (tertiary/aromatic N) is 1. The Morgan fingerprint density at radius 3 is 1.30 bits per heavy atom. The van der Waals surface area contributed by atoms with Crippen LogP contribution in [-0.2, 0) is 0 Å². The molecule has 0 aromatic carbocycles. The van der Waals surface area contributed by atoms with Crippen LogP contribution in [-0.4, -0.2) is 51.1 Å². The third kappa shape index (κ3) is 12.0. The van der Waals surface area contributed by atoms with Crippen LogP contribution in [0, 0.1) is 0 Å². The summed E-state index contributed by atoms with van der Waals surface area (Å²) in [5, 5.41) is 0. The minimum atomic E-state index is 0. The molecule has 1 aromatic rings. The van der Waals surface area contributed by atoms with Crippen molar-refractivity contribution in [2.24, 2.45) is 0 Å². The van der Waals surface area contributed by atoms with E-state index >= 15 is 0 Å². The first-order chi connectivity index (χ1) is 3.00. The zero-order valence-electron chi connectivity index (χ0n) is 9.56. The second kappa shape index (κ2) is 16.7. The van der Waals surface area contributed by atoms with Crippen molar-refractivity contribution in [2.75, 3.05) is 0 Å². The third-order valence-corrected chi connectivity index (χ3v) is 0.566. The van der Waals surface area contributed by atoms with Gasteiger partial charge in [-0.1, -0.05) is 6.07 Å². The van der Waals surface area contributed by atoms with Crippen LogP contribution in [0.3, 0.4) is 0 Å². The predicted molar refractivity (Wildman–Crippen MR) is 54.7 cm³/mol. The number of hydrogen-bond acceptors (Lipinski definition) is 1. The van der Waals surface area contributed by atoms with Gasteiger partial charge in [0.2, 0.25) is 0 Å². The van der Waals surface area contributed by atoms with Crippen molar-refractivity contribution in [3.05, 3.63) is 30.6 Å². The fraction of sp³-hybridized carbons (Fsp3) is 0. The number of pyridine rings is 1. The zero-order valence-corrected chi connectivity index (χ0v) is 10.0. The van der Waals surface area contributed by atoms with Gasteiger partial charge in [-0.05, 0) is 12.1 Å². The first-order valence-corrected chi connectivity index (χ1v) is 1.85. The fourth-order valence-electron chi connectivity index (χ4n) is 0.313. The zero-order chi connectivity index (χ0) is 4.24. The molecule has 0 saturated carbocycles. The van der Waals surface area contributed by atoms with E-state index in [4.69, 9.17) is 0 Å². The molecule has 10 heavy (non-hydrogen) atoms. The Bertz CT molecular complexity index is 102. The molecule has 5 heteroatoms. The van der Waals surface area contributed by atoms with Crippen LogP contribution in [0.1, 0.15) is 5.71 Å². The topological polar surface area (TPSA) is 12.9 Å². The van der Waals surface area contributed by atoms with Crippen LogP contribution < -0.4 is 0 Å². The molecule has 0 N–H and O–H groups in total. The molecule has 0 bridgehead atoms. The summed E-state index contributed by atoms with van der Waals surface area (Å²) in [6.45, 7) is 0. The molecule has 0 atom stereocenters. The van der Waals surface area contributed by atoms with Crippen LogP contribution in [0.25, 0.3) is 0 Å². The van der Waals surface area contributed by atoms with E-state index < -0.39 is 0 Å². The monoisotopic (exact) mass is 203 g/mol. The van der Waals surface area contributed by atoms with Gasteiger partial charge in [0.05, 0.1) is 0 Å². The standard InChI is InChI=1S/C5H5N.2ClH.2Mg.4H/c1-2-4-6-5-3-1;;;;;;;;/h1-5H;2*1H;;;;;;/q;;;2*+2;4*-1. The molecule has 1 aromatic heterocycles. The van der Waals surface area contributed by atoms with E-state index in [2.05, 4.69) is 4.98 Å². The van der Waals surface area contributed by atoms with Crippen molar-refractivity contribution in [2.45, 2.75) is 0 Å². The molecular weight excluding hydrogens is 194 g/mol. The van der Waals surface area contributed by atoms with Crippen LogP contribution in [0.5, 0.6) is 0 Å². The van der Waals surface area contributed by atoms with Gasteiger partial charge in [-0.2, -0.15) is 0 Å². The second-order valence-electron chi connectivity index (χ2n) is 1.02. The Morgan fingerprint density at radius 1 is 0.800 bits per heavy atom.